The van der Waals surface area contributed by atoms with Gasteiger partial charge in [-0.15, -0.1) is 0 Å². The molecule has 0 spiro atoms. The molecule has 5 rings (SSSR count). The number of rotatable bonds is 3. The molecule has 0 unspecified atom stereocenters. The van der Waals surface area contributed by atoms with Crippen LogP contribution in [0.1, 0.15) is 17.0 Å². The van der Waals surface area contributed by atoms with Crippen molar-refractivity contribution in [1.29, 1.82) is 0 Å². The highest BCUT2D eigenvalue weighted by Crippen LogP contribution is 2.39. The van der Waals surface area contributed by atoms with E-state index in [0.717, 1.165) is 41.0 Å². The highest BCUT2D eigenvalue weighted by Gasteiger charge is 2.23. The topological polar surface area (TPSA) is 17.0 Å². The SMILES string of the molecule is Cc1cc(C2CNC2)cc(-c2cccc(F)c2Cl)c1-n1ccc2ccccc21. The zero-order valence-electron chi connectivity index (χ0n) is 15.5. The van der Waals surface area contributed by atoms with Gasteiger partial charge in [0, 0.05) is 36.3 Å². The highest BCUT2D eigenvalue weighted by atomic mass is 35.5. The van der Waals surface area contributed by atoms with E-state index in [1.807, 2.05) is 18.2 Å². The van der Waals surface area contributed by atoms with Gasteiger partial charge >= 0.3 is 0 Å². The quantitative estimate of drug-likeness (QED) is 0.448. The van der Waals surface area contributed by atoms with E-state index in [1.165, 1.54) is 17.0 Å². The van der Waals surface area contributed by atoms with Gasteiger partial charge in [-0.25, -0.2) is 4.39 Å². The Kier molecular flexibility index (Phi) is 4.22. The number of aryl methyl sites for hydroxylation is 1. The van der Waals surface area contributed by atoms with Crippen LogP contribution in [0.3, 0.4) is 0 Å². The first-order valence-corrected chi connectivity index (χ1v) is 9.87. The number of fused-ring (bicyclic) bond motifs is 1. The predicted octanol–water partition coefficient (Wildman–Crippen LogP) is 6.09. The maximum atomic E-state index is 14.3. The lowest BCUT2D eigenvalue weighted by atomic mass is 9.88. The van der Waals surface area contributed by atoms with Crippen molar-refractivity contribution >= 4 is 22.5 Å². The number of nitrogens with one attached hydrogen (secondary N) is 1. The Hall–Kier alpha value is -2.62. The van der Waals surface area contributed by atoms with E-state index in [1.54, 1.807) is 6.07 Å². The summed E-state index contributed by atoms with van der Waals surface area (Å²) in [7, 11) is 0. The molecule has 0 saturated carbocycles. The van der Waals surface area contributed by atoms with Gasteiger partial charge in [0.25, 0.3) is 0 Å². The fourth-order valence-corrected chi connectivity index (χ4v) is 4.31. The third kappa shape index (κ3) is 2.74. The molecule has 28 heavy (non-hydrogen) atoms. The van der Waals surface area contributed by atoms with Gasteiger partial charge in [-0.05, 0) is 47.7 Å². The minimum atomic E-state index is -0.393. The van der Waals surface area contributed by atoms with Crippen LogP contribution in [0.2, 0.25) is 5.02 Å². The molecule has 1 aromatic heterocycles. The zero-order chi connectivity index (χ0) is 19.3. The van der Waals surface area contributed by atoms with Crippen LogP contribution in [-0.4, -0.2) is 17.7 Å². The lowest BCUT2D eigenvalue weighted by Gasteiger charge is -2.29. The van der Waals surface area contributed by atoms with Gasteiger partial charge in [0.05, 0.1) is 16.2 Å². The molecule has 0 aliphatic carbocycles. The molecule has 2 heterocycles. The number of halogens is 2. The maximum Gasteiger partial charge on any atom is 0.142 e. The largest absolute Gasteiger partial charge is 0.316 e. The Morgan fingerprint density at radius 3 is 2.61 bits per heavy atom. The van der Waals surface area contributed by atoms with Crippen LogP contribution in [0, 0.1) is 12.7 Å². The third-order valence-corrected chi connectivity index (χ3v) is 6.04. The van der Waals surface area contributed by atoms with E-state index in [-0.39, 0.29) is 5.02 Å². The molecule has 0 bridgehead atoms. The average Bonchev–Trinajstić information content (AvgIpc) is 3.06. The van der Waals surface area contributed by atoms with Crippen molar-refractivity contribution in [2.24, 2.45) is 0 Å². The molecule has 0 radical (unpaired) electrons. The average molecular weight is 391 g/mol. The summed E-state index contributed by atoms with van der Waals surface area (Å²) < 4.78 is 16.5. The van der Waals surface area contributed by atoms with E-state index >= 15 is 0 Å². The third-order valence-electron chi connectivity index (χ3n) is 5.66. The van der Waals surface area contributed by atoms with Crippen molar-refractivity contribution in [1.82, 2.24) is 9.88 Å². The molecule has 4 aromatic rings. The van der Waals surface area contributed by atoms with Crippen LogP contribution < -0.4 is 5.32 Å². The Labute approximate surface area is 168 Å². The summed E-state index contributed by atoms with van der Waals surface area (Å²) in [5.74, 6) is 0.0936. The van der Waals surface area contributed by atoms with Gasteiger partial charge in [-0.1, -0.05) is 48.0 Å². The molecule has 3 aromatic carbocycles. The summed E-state index contributed by atoms with van der Waals surface area (Å²) in [6.07, 6.45) is 2.08. The summed E-state index contributed by atoms with van der Waals surface area (Å²) in [5.41, 5.74) is 6.29. The number of nitrogens with zero attached hydrogens (tertiary/aromatic N) is 1. The van der Waals surface area contributed by atoms with Crippen LogP contribution in [0.25, 0.3) is 27.7 Å². The fourth-order valence-electron chi connectivity index (χ4n) is 4.08. The van der Waals surface area contributed by atoms with Crippen molar-refractivity contribution < 1.29 is 4.39 Å². The second-order valence-electron chi connectivity index (χ2n) is 7.44. The summed E-state index contributed by atoms with van der Waals surface area (Å²) in [5, 5.41) is 4.68. The van der Waals surface area contributed by atoms with Crippen LogP contribution in [-0.2, 0) is 0 Å². The van der Waals surface area contributed by atoms with E-state index < -0.39 is 5.82 Å². The molecule has 2 nitrogen and oxygen atoms in total. The molecule has 1 aliphatic heterocycles. The van der Waals surface area contributed by atoms with Crippen LogP contribution >= 0.6 is 11.6 Å². The second-order valence-corrected chi connectivity index (χ2v) is 7.81. The minimum absolute atomic E-state index is 0.170. The Morgan fingerprint density at radius 2 is 1.82 bits per heavy atom. The van der Waals surface area contributed by atoms with Crippen molar-refractivity contribution in [2.75, 3.05) is 13.1 Å². The molecule has 1 aliphatic rings. The lowest BCUT2D eigenvalue weighted by molar-refractivity contribution is 0.448. The highest BCUT2D eigenvalue weighted by molar-refractivity contribution is 6.33. The van der Waals surface area contributed by atoms with Crippen LogP contribution in [0.5, 0.6) is 0 Å². The van der Waals surface area contributed by atoms with Crippen LogP contribution in [0.4, 0.5) is 4.39 Å². The first-order valence-electron chi connectivity index (χ1n) is 9.49. The van der Waals surface area contributed by atoms with Gasteiger partial charge in [-0.2, -0.15) is 0 Å². The molecule has 0 atom stereocenters. The Balaban J connectivity index is 1.82. The van der Waals surface area contributed by atoms with Gasteiger partial charge < -0.3 is 9.88 Å². The zero-order valence-corrected chi connectivity index (χ0v) is 16.3. The molecular weight excluding hydrogens is 371 g/mol. The van der Waals surface area contributed by atoms with Crippen LogP contribution in [0.15, 0.2) is 66.9 Å². The predicted molar refractivity (Wildman–Crippen MR) is 114 cm³/mol. The maximum absolute atomic E-state index is 14.3. The Morgan fingerprint density at radius 1 is 1.00 bits per heavy atom. The molecule has 0 amide bonds. The van der Waals surface area contributed by atoms with Gasteiger partial charge in [0.15, 0.2) is 0 Å². The van der Waals surface area contributed by atoms with Crippen molar-refractivity contribution in [2.45, 2.75) is 12.8 Å². The summed E-state index contributed by atoms with van der Waals surface area (Å²) in [6, 6.07) is 19.9. The fraction of sp³-hybridized carbons (Fsp3) is 0.167. The molecule has 1 fully saturated rings. The van der Waals surface area contributed by atoms with E-state index in [2.05, 4.69) is 53.3 Å². The van der Waals surface area contributed by atoms with E-state index in [4.69, 9.17) is 11.6 Å². The molecule has 1 saturated heterocycles. The Bertz CT molecular complexity index is 1190. The first-order chi connectivity index (χ1) is 13.6. The molecular formula is C24H20ClFN2. The summed E-state index contributed by atoms with van der Waals surface area (Å²) in [6.45, 7) is 4.07. The standard InChI is InChI=1S/C24H20ClFN2/c1-15-11-17(18-13-27-14-18)12-20(19-6-4-7-21(26)23(19)25)24(15)28-10-9-16-5-2-3-8-22(16)28/h2-12,18,27H,13-14H2,1H3. The first kappa shape index (κ1) is 17.5. The number of aromatic nitrogens is 1. The number of hydrogen-bond donors (Lipinski definition) is 1. The monoisotopic (exact) mass is 390 g/mol. The summed E-state index contributed by atoms with van der Waals surface area (Å²) >= 11 is 6.41. The summed E-state index contributed by atoms with van der Waals surface area (Å²) in [4.78, 5) is 0. The molecule has 1 N–H and O–H groups in total. The van der Waals surface area contributed by atoms with E-state index in [0.29, 0.717) is 5.92 Å². The second kappa shape index (κ2) is 6.77. The number of para-hydroxylation sites is 1. The molecule has 140 valence electrons. The molecule has 4 heteroatoms. The minimum Gasteiger partial charge on any atom is -0.316 e. The van der Waals surface area contributed by atoms with Crippen molar-refractivity contribution in [3.63, 3.8) is 0 Å². The van der Waals surface area contributed by atoms with Gasteiger partial charge in [-0.3, -0.25) is 0 Å². The number of hydrogen-bond acceptors (Lipinski definition) is 1. The van der Waals surface area contributed by atoms with Gasteiger partial charge in [0.1, 0.15) is 5.82 Å². The smallest absolute Gasteiger partial charge is 0.142 e. The van der Waals surface area contributed by atoms with E-state index in [9.17, 15) is 4.39 Å². The lowest BCUT2D eigenvalue weighted by Crippen LogP contribution is -2.39. The van der Waals surface area contributed by atoms with Gasteiger partial charge in [0.2, 0.25) is 0 Å². The van der Waals surface area contributed by atoms with Crippen molar-refractivity contribution in [3.05, 3.63) is 88.8 Å². The number of benzene rings is 3. The van der Waals surface area contributed by atoms with Crippen molar-refractivity contribution in [3.8, 4) is 16.8 Å². The normalized spacial score (nSPS) is 14.4.